The molecule has 4 rings (SSSR count). The van der Waals surface area contributed by atoms with Crippen molar-refractivity contribution >= 4 is 34.8 Å². The van der Waals surface area contributed by atoms with E-state index in [2.05, 4.69) is 25.3 Å². The van der Waals surface area contributed by atoms with Gasteiger partial charge in [0.1, 0.15) is 5.82 Å². The lowest BCUT2D eigenvalue weighted by Crippen LogP contribution is -2.48. The number of anilines is 1. The SMILES string of the molecule is O=C(CN1CCN(Cc2nnc(-c3ccc(Cl)cc3Cl)o2)CC1)Nc1ccc(F)cc1. The van der Waals surface area contributed by atoms with Crippen LogP contribution in [0.2, 0.25) is 10.0 Å². The number of piperazine rings is 1. The van der Waals surface area contributed by atoms with Gasteiger partial charge in [0.15, 0.2) is 0 Å². The molecule has 0 saturated carbocycles. The third-order valence-electron chi connectivity index (χ3n) is 4.95. The standard InChI is InChI=1S/C21H20Cl2FN5O2/c22-14-1-6-17(18(23)11-14)21-27-26-20(31-21)13-29-9-7-28(8-10-29)12-19(30)25-16-4-2-15(24)3-5-16/h1-6,11H,7-10,12-13H2,(H,25,30). The molecule has 0 unspecified atom stereocenters. The molecule has 7 nitrogen and oxygen atoms in total. The Bertz CT molecular complexity index is 1050. The fourth-order valence-electron chi connectivity index (χ4n) is 3.32. The fraction of sp³-hybridized carbons (Fsp3) is 0.286. The highest BCUT2D eigenvalue weighted by Crippen LogP contribution is 2.29. The van der Waals surface area contributed by atoms with Gasteiger partial charge >= 0.3 is 0 Å². The summed E-state index contributed by atoms with van der Waals surface area (Å²) < 4.78 is 18.7. The minimum absolute atomic E-state index is 0.124. The largest absolute Gasteiger partial charge is 0.419 e. The highest BCUT2D eigenvalue weighted by Gasteiger charge is 2.21. The van der Waals surface area contributed by atoms with Gasteiger partial charge in [0.05, 0.1) is 23.7 Å². The van der Waals surface area contributed by atoms with Gasteiger partial charge in [-0.3, -0.25) is 14.6 Å². The monoisotopic (exact) mass is 463 g/mol. The highest BCUT2D eigenvalue weighted by molar-refractivity contribution is 6.36. The number of rotatable bonds is 6. The summed E-state index contributed by atoms with van der Waals surface area (Å²) in [4.78, 5) is 16.5. The van der Waals surface area contributed by atoms with Crippen molar-refractivity contribution in [2.24, 2.45) is 0 Å². The van der Waals surface area contributed by atoms with Gasteiger partial charge in [-0.05, 0) is 42.5 Å². The number of carbonyl (C=O) groups excluding carboxylic acids is 1. The van der Waals surface area contributed by atoms with E-state index in [0.717, 1.165) is 26.2 Å². The van der Waals surface area contributed by atoms with Crippen molar-refractivity contribution in [2.45, 2.75) is 6.54 Å². The molecule has 2 heterocycles. The summed E-state index contributed by atoms with van der Waals surface area (Å²) in [5, 5.41) is 12.0. The summed E-state index contributed by atoms with van der Waals surface area (Å²) in [7, 11) is 0. The van der Waals surface area contributed by atoms with Crippen molar-refractivity contribution in [3.63, 3.8) is 0 Å². The molecule has 31 heavy (non-hydrogen) atoms. The molecular formula is C21H20Cl2FN5O2. The van der Waals surface area contributed by atoms with Crippen LogP contribution in [0.4, 0.5) is 10.1 Å². The Balaban J connectivity index is 1.25. The van der Waals surface area contributed by atoms with E-state index in [0.29, 0.717) is 39.6 Å². The van der Waals surface area contributed by atoms with Gasteiger partial charge in [-0.1, -0.05) is 23.2 Å². The molecule has 0 spiro atoms. The second-order valence-electron chi connectivity index (χ2n) is 7.23. The molecule has 1 saturated heterocycles. The maximum Gasteiger partial charge on any atom is 0.249 e. The van der Waals surface area contributed by atoms with E-state index < -0.39 is 0 Å². The van der Waals surface area contributed by atoms with Gasteiger partial charge in [-0.15, -0.1) is 10.2 Å². The van der Waals surface area contributed by atoms with E-state index in [1.807, 2.05) is 0 Å². The quantitative estimate of drug-likeness (QED) is 0.596. The van der Waals surface area contributed by atoms with Crippen molar-refractivity contribution in [1.29, 1.82) is 0 Å². The van der Waals surface area contributed by atoms with Crippen molar-refractivity contribution in [3.8, 4) is 11.5 Å². The van der Waals surface area contributed by atoms with Crippen molar-refractivity contribution in [2.75, 3.05) is 38.0 Å². The Labute approximate surface area is 188 Å². The number of hydrogen-bond donors (Lipinski definition) is 1. The minimum Gasteiger partial charge on any atom is -0.419 e. The Morgan fingerprint density at radius 2 is 1.74 bits per heavy atom. The van der Waals surface area contributed by atoms with Gasteiger partial charge in [0.2, 0.25) is 17.7 Å². The van der Waals surface area contributed by atoms with Crippen LogP contribution in [0, 0.1) is 5.82 Å². The Hall–Kier alpha value is -2.52. The Kier molecular flexibility index (Phi) is 6.82. The average Bonchev–Trinajstić information content (AvgIpc) is 3.19. The topological polar surface area (TPSA) is 74.5 Å². The molecule has 0 bridgehead atoms. The van der Waals surface area contributed by atoms with Crippen LogP contribution in [0.1, 0.15) is 5.89 Å². The number of benzene rings is 2. The molecule has 1 amide bonds. The lowest BCUT2D eigenvalue weighted by molar-refractivity contribution is -0.117. The van der Waals surface area contributed by atoms with E-state index >= 15 is 0 Å². The summed E-state index contributed by atoms with van der Waals surface area (Å²) in [5.41, 5.74) is 1.22. The molecule has 0 radical (unpaired) electrons. The zero-order valence-electron chi connectivity index (χ0n) is 16.5. The van der Waals surface area contributed by atoms with Crippen LogP contribution in [-0.2, 0) is 11.3 Å². The van der Waals surface area contributed by atoms with E-state index in [-0.39, 0.29) is 18.3 Å². The third-order valence-corrected chi connectivity index (χ3v) is 5.50. The number of halogens is 3. The lowest BCUT2D eigenvalue weighted by Gasteiger charge is -2.33. The predicted molar refractivity (Wildman–Crippen MR) is 117 cm³/mol. The average molecular weight is 464 g/mol. The normalized spacial score (nSPS) is 15.2. The van der Waals surface area contributed by atoms with Crippen LogP contribution >= 0.6 is 23.2 Å². The molecule has 1 fully saturated rings. The number of carbonyl (C=O) groups is 1. The third kappa shape index (κ3) is 5.80. The van der Waals surface area contributed by atoms with Gasteiger partial charge in [0, 0.05) is 36.9 Å². The van der Waals surface area contributed by atoms with Gasteiger partial charge in [-0.25, -0.2) is 4.39 Å². The Morgan fingerprint density at radius 3 is 2.45 bits per heavy atom. The van der Waals surface area contributed by atoms with E-state index in [9.17, 15) is 9.18 Å². The summed E-state index contributed by atoms with van der Waals surface area (Å²) in [6.45, 7) is 3.81. The zero-order chi connectivity index (χ0) is 21.8. The molecule has 1 aliphatic rings. The molecular weight excluding hydrogens is 444 g/mol. The molecule has 1 N–H and O–H groups in total. The fourth-order valence-corrected chi connectivity index (χ4v) is 3.81. The molecule has 0 aliphatic carbocycles. The zero-order valence-corrected chi connectivity index (χ0v) is 18.0. The summed E-state index contributed by atoms with van der Waals surface area (Å²) in [5.74, 6) is 0.400. The number of amides is 1. The van der Waals surface area contributed by atoms with Crippen LogP contribution < -0.4 is 5.32 Å². The van der Waals surface area contributed by atoms with Crippen LogP contribution in [0.5, 0.6) is 0 Å². The van der Waals surface area contributed by atoms with Gasteiger partial charge in [-0.2, -0.15) is 0 Å². The van der Waals surface area contributed by atoms with Crippen LogP contribution in [0.25, 0.3) is 11.5 Å². The van der Waals surface area contributed by atoms with Crippen LogP contribution in [0.3, 0.4) is 0 Å². The van der Waals surface area contributed by atoms with Crippen LogP contribution in [0.15, 0.2) is 46.9 Å². The Morgan fingerprint density at radius 1 is 1.03 bits per heavy atom. The summed E-state index contributed by atoms with van der Waals surface area (Å²) in [6, 6.07) is 10.8. The van der Waals surface area contributed by atoms with Crippen molar-refractivity contribution in [3.05, 3.63) is 64.2 Å². The minimum atomic E-state index is -0.334. The second-order valence-corrected chi connectivity index (χ2v) is 8.08. The van der Waals surface area contributed by atoms with E-state index in [1.165, 1.54) is 12.1 Å². The first-order valence-electron chi connectivity index (χ1n) is 9.74. The maximum atomic E-state index is 13.0. The van der Waals surface area contributed by atoms with E-state index in [1.54, 1.807) is 30.3 Å². The second kappa shape index (κ2) is 9.74. The number of nitrogens with zero attached hydrogens (tertiary/aromatic N) is 4. The van der Waals surface area contributed by atoms with Gasteiger partial charge < -0.3 is 9.73 Å². The van der Waals surface area contributed by atoms with Gasteiger partial charge in [0.25, 0.3) is 0 Å². The first-order valence-corrected chi connectivity index (χ1v) is 10.5. The number of aromatic nitrogens is 2. The molecule has 162 valence electrons. The molecule has 10 heteroatoms. The lowest BCUT2D eigenvalue weighted by atomic mass is 10.2. The van der Waals surface area contributed by atoms with E-state index in [4.69, 9.17) is 27.6 Å². The number of nitrogens with one attached hydrogen (secondary N) is 1. The first-order chi connectivity index (χ1) is 15.0. The summed E-state index contributed by atoms with van der Waals surface area (Å²) in [6.07, 6.45) is 0. The molecule has 3 aromatic rings. The van der Waals surface area contributed by atoms with Crippen molar-refractivity contribution in [1.82, 2.24) is 20.0 Å². The summed E-state index contributed by atoms with van der Waals surface area (Å²) >= 11 is 12.1. The predicted octanol–water partition coefficient (Wildman–Crippen LogP) is 3.94. The smallest absolute Gasteiger partial charge is 0.249 e. The molecule has 1 aliphatic heterocycles. The van der Waals surface area contributed by atoms with Crippen LogP contribution in [-0.4, -0.2) is 58.6 Å². The first kappa shape index (κ1) is 21.7. The molecule has 2 aromatic carbocycles. The van der Waals surface area contributed by atoms with Crippen molar-refractivity contribution < 1.29 is 13.6 Å². The maximum absolute atomic E-state index is 13.0. The highest BCUT2D eigenvalue weighted by atomic mass is 35.5. The molecule has 0 atom stereocenters. The number of hydrogen-bond acceptors (Lipinski definition) is 6. The molecule has 1 aromatic heterocycles.